The number of para-hydroxylation sites is 2. The molecule has 5 rings (SSSR count). The van der Waals surface area contributed by atoms with Gasteiger partial charge in [0.2, 0.25) is 5.71 Å². The molecule has 0 fully saturated rings. The number of furan rings is 1. The SMILES string of the molecule is COc1ccc(C(=O)c2c(-c3ccc(OC)cc3)oc3nc4ccccc4nc23)cc1. The first-order valence-corrected chi connectivity index (χ1v) is 9.70. The van der Waals surface area contributed by atoms with Gasteiger partial charge in [0.25, 0.3) is 0 Å². The van der Waals surface area contributed by atoms with Gasteiger partial charge in [0, 0.05) is 11.1 Å². The van der Waals surface area contributed by atoms with Crippen LogP contribution in [0.4, 0.5) is 0 Å². The van der Waals surface area contributed by atoms with Crippen LogP contribution in [0.25, 0.3) is 33.6 Å². The molecule has 2 aromatic heterocycles. The van der Waals surface area contributed by atoms with Gasteiger partial charge in [0.05, 0.1) is 30.8 Å². The first kappa shape index (κ1) is 18.8. The first-order chi connectivity index (χ1) is 15.2. The Morgan fingerprint density at radius 2 is 1.35 bits per heavy atom. The average molecular weight is 410 g/mol. The maximum absolute atomic E-state index is 13.6. The molecule has 0 aliphatic rings. The van der Waals surface area contributed by atoms with E-state index in [4.69, 9.17) is 18.9 Å². The number of fused-ring (bicyclic) bond motifs is 2. The van der Waals surface area contributed by atoms with Crippen molar-refractivity contribution < 1.29 is 18.7 Å². The number of benzene rings is 3. The second-order valence-corrected chi connectivity index (χ2v) is 6.96. The second kappa shape index (κ2) is 7.57. The largest absolute Gasteiger partial charge is 0.497 e. The molecule has 152 valence electrons. The zero-order valence-electron chi connectivity index (χ0n) is 17.0. The van der Waals surface area contributed by atoms with Crippen LogP contribution in [-0.4, -0.2) is 30.0 Å². The molecule has 2 heterocycles. The Balaban J connectivity index is 1.75. The fraction of sp³-hybridized carbons (Fsp3) is 0.0800. The Kier molecular flexibility index (Phi) is 4.59. The van der Waals surface area contributed by atoms with Crippen LogP contribution >= 0.6 is 0 Å². The molecule has 6 heteroatoms. The second-order valence-electron chi connectivity index (χ2n) is 6.96. The van der Waals surface area contributed by atoms with E-state index in [0.29, 0.717) is 50.6 Å². The van der Waals surface area contributed by atoms with Crippen LogP contribution in [0.15, 0.2) is 77.2 Å². The normalized spacial score (nSPS) is 11.0. The van der Waals surface area contributed by atoms with E-state index >= 15 is 0 Å². The molecule has 3 aromatic carbocycles. The van der Waals surface area contributed by atoms with Gasteiger partial charge < -0.3 is 13.9 Å². The predicted molar refractivity (Wildman–Crippen MR) is 118 cm³/mol. The van der Waals surface area contributed by atoms with Crippen LogP contribution in [0.3, 0.4) is 0 Å². The number of ketones is 1. The van der Waals surface area contributed by atoms with Crippen LogP contribution in [0, 0.1) is 0 Å². The van der Waals surface area contributed by atoms with Gasteiger partial charge in [-0.3, -0.25) is 4.79 Å². The van der Waals surface area contributed by atoms with Crippen LogP contribution in [0.5, 0.6) is 11.5 Å². The van der Waals surface area contributed by atoms with E-state index in [1.54, 1.807) is 38.5 Å². The Morgan fingerprint density at radius 1 is 0.774 bits per heavy atom. The summed E-state index contributed by atoms with van der Waals surface area (Å²) in [5.41, 5.74) is 3.78. The summed E-state index contributed by atoms with van der Waals surface area (Å²) in [6, 6.07) is 21.8. The van der Waals surface area contributed by atoms with E-state index in [0.717, 1.165) is 5.56 Å². The highest BCUT2D eigenvalue weighted by Gasteiger charge is 2.26. The smallest absolute Gasteiger partial charge is 0.247 e. The minimum Gasteiger partial charge on any atom is -0.497 e. The molecular formula is C25H18N2O4. The molecule has 6 nitrogen and oxygen atoms in total. The molecule has 0 amide bonds. The van der Waals surface area contributed by atoms with E-state index in [1.807, 2.05) is 48.5 Å². The van der Waals surface area contributed by atoms with Crippen molar-refractivity contribution in [3.63, 3.8) is 0 Å². The maximum Gasteiger partial charge on any atom is 0.247 e. The highest BCUT2D eigenvalue weighted by Crippen LogP contribution is 2.35. The molecule has 0 bridgehead atoms. The highest BCUT2D eigenvalue weighted by molar-refractivity contribution is 6.19. The van der Waals surface area contributed by atoms with E-state index in [9.17, 15) is 4.79 Å². The molecule has 0 aliphatic carbocycles. The summed E-state index contributed by atoms with van der Waals surface area (Å²) in [7, 11) is 3.19. The third kappa shape index (κ3) is 3.28. The van der Waals surface area contributed by atoms with Gasteiger partial charge in [0.15, 0.2) is 5.78 Å². The minimum absolute atomic E-state index is 0.197. The number of hydrogen-bond donors (Lipinski definition) is 0. The number of aromatic nitrogens is 2. The first-order valence-electron chi connectivity index (χ1n) is 9.70. The minimum atomic E-state index is -0.197. The van der Waals surface area contributed by atoms with Gasteiger partial charge in [-0.2, -0.15) is 0 Å². The van der Waals surface area contributed by atoms with Crippen LogP contribution in [0.1, 0.15) is 15.9 Å². The van der Waals surface area contributed by atoms with Crippen molar-refractivity contribution in [1.29, 1.82) is 0 Å². The van der Waals surface area contributed by atoms with E-state index in [1.165, 1.54) is 0 Å². The van der Waals surface area contributed by atoms with Gasteiger partial charge in [-0.15, -0.1) is 0 Å². The Hall–Kier alpha value is -4.19. The summed E-state index contributed by atoms with van der Waals surface area (Å²) >= 11 is 0. The number of hydrogen-bond acceptors (Lipinski definition) is 6. The third-order valence-corrected chi connectivity index (χ3v) is 5.13. The molecule has 0 saturated heterocycles. The number of ether oxygens (including phenoxy) is 2. The standard InChI is InChI=1S/C25H18N2O4/c1-29-17-11-7-15(8-12-17)23(28)21-22-25(27-20-6-4-3-5-19(20)26-22)31-24(21)16-9-13-18(30-2)14-10-16/h3-14H,1-2H3. The summed E-state index contributed by atoms with van der Waals surface area (Å²) in [6.07, 6.45) is 0. The van der Waals surface area contributed by atoms with Crippen molar-refractivity contribution in [1.82, 2.24) is 9.97 Å². The highest BCUT2D eigenvalue weighted by atomic mass is 16.5. The summed E-state index contributed by atoms with van der Waals surface area (Å²) in [4.78, 5) is 22.9. The van der Waals surface area contributed by atoms with Gasteiger partial charge in [-0.05, 0) is 60.7 Å². The van der Waals surface area contributed by atoms with Gasteiger partial charge in [-0.25, -0.2) is 9.97 Å². The van der Waals surface area contributed by atoms with Crippen LogP contribution in [-0.2, 0) is 0 Å². The van der Waals surface area contributed by atoms with E-state index in [-0.39, 0.29) is 5.78 Å². The zero-order valence-corrected chi connectivity index (χ0v) is 17.0. The number of rotatable bonds is 5. The van der Waals surface area contributed by atoms with Gasteiger partial charge >= 0.3 is 0 Å². The molecule has 5 aromatic rings. The van der Waals surface area contributed by atoms with Crippen molar-refractivity contribution in [2.75, 3.05) is 14.2 Å². The zero-order chi connectivity index (χ0) is 21.4. The van der Waals surface area contributed by atoms with Crippen molar-refractivity contribution in [3.8, 4) is 22.8 Å². The number of methoxy groups -OCH3 is 2. The molecule has 0 atom stereocenters. The van der Waals surface area contributed by atoms with Gasteiger partial charge in [-0.1, -0.05) is 12.1 Å². The van der Waals surface area contributed by atoms with E-state index < -0.39 is 0 Å². The van der Waals surface area contributed by atoms with Gasteiger partial charge in [0.1, 0.15) is 22.8 Å². The lowest BCUT2D eigenvalue weighted by molar-refractivity contribution is 0.104. The molecule has 0 aliphatic heterocycles. The number of carbonyl (C=O) groups excluding carboxylic acids is 1. The molecule has 0 N–H and O–H groups in total. The quantitative estimate of drug-likeness (QED) is 0.367. The molecule has 0 radical (unpaired) electrons. The Bertz CT molecular complexity index is 1400. The summed E-state index contributed by atoms with van der Waals surface area (Å²) in [5, 5.41) is 0. The van der Waals surface area contributed by atoms with Crippen LogP contribution < -0.4 is 9.47 Å². The lowest BCUT2D eigenvalue weighted by atomic mass is 9.99. The summed E-state index contributed by atoms with van der Waals surface area (Å²) < 4.78 is 16.6. The van der Waals surface area contributed by atoms with E-state index in [2.05, 4.69) is 4.98 Å². The average Bonchev–Trinajstić information content (AvgIpc) is 3.20. The fourth-order valence-electron chi connectivity index (χ4n) is 3.52. The summed E-state index contributed by atoms with van der Waals surface area (Å²) in [5.74, 6) is 1.62. The lowest BCUT2D eigenvalue weighted by Gasteiger charge is -2.05. The lowest BCUT2D eigenvalue weighted by Crippen LogP contribution is -2.03. The summed E-state index contributed by atoms with van der Waals surface area (Å²) in [6.45, 7) is 0. The Morgan fingerprint density at radius 3 is 1.97 bits per heavy atom. The van der Waals surface area contributed by atoms with Crippen molar-refractivity contribution in [2.45, 2.75) is 0 Å². The van der Waals surface area contributed by atoms with Crippen LogP contribution in [0.2, 0.25) is 0 Å². The fourth-order valence-corrected chi connectivity index (χ4v) is 3.52. The third-order valence-electron chi connectivity index (χ3n) is 5.13. The number of nitrogens with zero attached hydrogens (tertiary/aromatic N) is 2. The monoisotopic (exact) mass is 410 g/mol. The molecule has 31 heavy (non-hydrogen) atoms. The van der Waals surface area contributed by atoms with Crippen molar-refractivity contribution >= 4 is 28.0 Å². The topological polar surface area (TPSA) is 74.5 Å². The van der Waals surface area contributed by atoms with Crippen molar-refractivity contribution in [3.05, 3.63) is 83.9 Å². The Labute approximate surface area is 178 Å². The molecule has 0 unspecified atom stereocenters. The molecule has 0 spiro atoms. The maximum atomic E-state index is 13.6. The molecule has 0 saturated carbocycles. The van der Waals surface area contributed by atoms with Crippen molar-refractivity contribution in [2.24, 2.45) is 0 Å². The predicted octanol–water partition coefficient (Wildman–Crippen LogP) is 5.29. The molecular weight excluding hydrogens is 392 g/mol. The number of carbonyl (C=O) groups is 1.